The van der Waals surface area contributed by atoms with Crippen LogP contribution < -0.4 is 5.73 Å². The molecule has 0 aromatic heterocycles. The van der Waals surface area contributed by atoms with Crippen LogP contribution in [0.3, 0.4) is 0 Å². The Morgan fingerprint density at radius 3 is 2.50 bits per heavy atom. The van der Waals surface area contributed by atoms with Crippen molar-refractivity contribution in [3.05, 3.63) is 0 Å². The molecule has 1 saturated carbocycles. The molecule has 0 aliphatic heterocycles. The fourth-order valence-electron chi connectivity index (χ4n) is 2.27. The average molecular weight is 171 g/mol. The van der Waals surface area contributed by atoms with Gasteiger partial charge in [0.2, 0.25) is 0 Å². The average Bonchev–Trinajstić information content (AvgIpc) is 2.55. The summed E-state index contributed by atoms with van der Waals surface area (Å²) in [5, 5.41) is 0. The summed E-state index contributed by atoms with van der Waals surface area (Å²) in [7, 11) is 1.77. The molecule has 0 bridgehead atoms. The first-order valence-corrected chi connectivity index (χ1v) is 5.02. The standard InChI is InChI=1S/C10H21NO/c1-12-8-4-7-10(9-11)5-2-3-6-10/h2-9,11H2,1H3. The van der Waals surface area contributed by atoms with Gasteiger partial charge in [0.15, 0.2) is 0 Å². The van der Waals surface area contributed by atoms with Crippen LogP contribution in [-0.2, 0) is 4.74 Å². The molecule has 2 nitrogen and oxygen atoms in total. The van der Waals surface area contributed by atoms with Crippen LogP contribution in [0.15, 0.2) is 0 Å². The summed E-state index contributed by atoms with van der Waals surface area (Å²) in [4.78, 5) is 0. The molecule has 0 spiro atoms. The van der Waals surface area contributed by atoms with E-state index in [1.165, 1.54) is 38.5 Å². The maximum absolute atomic E-state index is 5.81. The van der Waals surface area contributed by atoms with Crippen molar-refractivity contribution in [3.63, 3.8) is 0 Å². The van der Waals surface area contributed by atoms with Crippen LogP contribution in [0, 0.1) is 5.41 Å². The Labute approximate surface area is 75.5 Å². The molecule has 1 aliphatic carbocycles. The van der Waals surface area contributed by atoms with Crippen LogP contribution in [0.4, 0.5) is 0 Å². The molecule has 0 unspecified atom stereocenters. The van der Waals surface area contributed by atoms with E-state index in [1.54, 1.807) is 7.11 Å². The first kappa shape index (κ1) is 10.0. The summed E-state index contributed by atoms with van der Waals surface area (Å²) in [6.45, 7) is 1.76. The van der Waals surface area contributed by atoms with Crippen molar-refractivity contribution in [2.24, 2.45) is 11.1 Å². The second-order valence-corrected chi connectivity index (χ2v) is 4.01. The van der Waals surface area contributed by atoms with Crippen LogP contribution >= 0.6 is 0 Å². The molecule has 0 amide bonds. The van der Waals surface area contributed by atoms with Crippen LogP contribution in [0.1, 0.15) is 38.5 Å². The number of hydrogen-bond donors (Lipinski definition) is 1. The third kappa shape index (κ3) is 2.46. The molecule has 0 saturated heterocycles. The van der Waals surface area contributed by atoms with Crippen LogP contribution in [0.5, 0.6) is 0 Å². The maximum atomic E-state index is 5.81. The number of rotatable bonds is 5. The van der Waals surface area contributed by atoms with Gasteiger partial charge in [-0.05, 0) is 37.6 Å². The number of nitrogens with two attached hydrogens (primary N) is 1. The second-order valence-electron chi connectivity index (χ2n) is 4.01. The van der Waals surface area contributed by atoms with Gasteiger partial charge in [-0.2, -0.15) is 0 Å². The zero-order valence-electron chi connectivity index (χ0n) is 8.14. The molecule has 72 valence electrons. The molecule has 2 heteroatoms. The molecular weight excluding hydrogens is 150 g/mol. The lowest BCUT2D eigenvalue weighted by molar-refractivity contribution is 0.168. The molecule has 2 N–H and O–H groups in total. The van der Waals surface area contributed by atoms with E-state index < -0.39 is 0 Å². The molecule has 0 heterocycles. The Balaban J connectivity index is 2.24. The van der Waals surface area contributed by atoms with E-state index in [0.29, 0.717) is 5.41 Å². The zero-order chi connectivity index (χ0) is 8.86. The van der Waals surface area contributed by atoms with E-state index in [-0.39, 0.29) is 0 Å². The predicted octanol–water partition coefficient (Wildman–Crippen LogP) is 1.93. The van der Waals surface area contributed by atoms with Crippen molar-refractivity contribution < 1.29 is 4.74 Å². The molecule has 12 heavy (non-hydrogen) atoms. The highest BCUT2D eigenvalue weighted by Gasteiger charge is 2.31. The van der Waals surface area contributed by atoms with E-state index >= 15 is 0 Å². The largest absolute Gasteiger partial charge is 0.385 e. The van der Waals surface area contributed by atoms with Gasteiger partial charge in [-0.15, -0.1) is 0 Å². The summed E-state index contributed by atoms with van der Waals surface area (Å²) >= 11 is 0. The van der Waals surface area contributed by atoms with E-state index in [2.05, 4.69) is 0 Å². The normalized spacial score (nSPS) is 21.5. The van der Waals surface area contributed by atoms with Crippen molar-refractivity contribution in [1.82, 2.24) is 0 Å². The molecule has 0 aromatic carbocycles. The third-order valence-electron chi connectivity index (χ3n) is 3.15. The Hall–Kier alpha value is -0.0800. The van der Waals surface area contributed by atoms with Gasteiger partial charge in [0, 0.05) is 13.7 Å². The minimum atomic E-state index is 0.485. The summed E-state index contributed by atoms with van der Waals surface area (Å²) in [5.74, 6) is 0. The highest BCUT2D eigenvalue weighted by Crippen LogP contribution is 2.40. The summed E-state index contributed by atoms with van der Waals surface area (Å²) < 4.78 is 5.05. The lowest BCUT2D eigenvalue weighted by atomic mass is 9.82. The summed E-state index contributed by atoms with van der Waals surface area (Å²) in [6, 6.07) is 0. The monoisotopic (exact) mass is 171 g/mol. The van der Waals surface area contributed by atoms with Crippen LogP contribution in [-0.4, -0.2) is 20.3 Å². The van der Waals surface area contributed by atoms with Gasteiger partial charge in [0.25, 0.3) is 0 Å². The van der Waals surface area contributed by atoms with Gasteiger partial charge in [0.05, 0.1) is 0 Å². The first-order chi connectivity index (χ1) is 5.83. The zero-order valence-corrected chi connectivity index (χ0v) is 8.14. The van der Waals surface area contributed by atoms with Crippen molar-refractivity contribution in [2.75, 3.05) is 20.3 Å². The van der Waals surface area contributed by atoms with E-state index in [1.807, 2.05) is 0 Å². The van der Waals surface area contributed by atoms with Gasteiger partial charge < -0.3 is 10.5 Å². The van der Waals surface area contributed by atoms with Crippen molar-refractivity contribution in [2.45, 2.75) is 38.5 Å². The maximum Gasteiger partial charge on any atom is 0.0462 e. The van der Waals surface area contributed by atoms with Crippen molar-refractivity contribution in [1.29, 1.82) is 0 Å². The van der Waals surface area contributed by atoms with E-state index in [0.717, 1.165) is 13.2 Å². The van der Waals surface area contributed by atoms with Crippen LogP contribution in [0.2, 0.25) is 0 Å². The second kappa shape index (κ2) is 4.83. The number of methoxy groups -OCH3 is 1. The van der Waals surface area contributed by atoms with Gasteiger partial charge in [-0.3, -0.25) is 0 Å². The molecular formula is C10H21NO. The third-order valence-corrected chi connectivity index (χ3v) is 3.15. The molecule has 0 atom stereocenters. The van der Waals surface area contributed by atoms with Gasteiger partial charge in [-0.1, -0.05) is 12.8 Å². The lowest BCUT2D eigenvalue weighted by Gasteiger charge is -2.26. The van der Waals surface area contributed by atoms with Gasteiger partial charge >= 0.3 is 0 Å². The minimum Gasteiger partial charge on any atom is -0.385 e. The smallest absolute Gasteiger partial charge is 0.0462 e. The Kier molecular flexibility index (Phi) is 4.02. The summed E-state index contributed by atoms with van der Waals surface area (Å²) in [6.07, 6.45) is 7.87. The van der Waals surface area contributed by atoms with E-state index in [4.69, 9.17) is 10.5 Å². The predicted molar refractivity (Wildman–Crippen MR) is 51.1 cm³/mol. The van der Waals surface area contributed by atoms with Crippen LogP contribution in [0.25, 0.3) is 0 Å². The first-order valence-electron chi connectivity index (χ1n) is 5.02. The molecule has 0 aromatic rings. The Bertz CT molecular complexity index is 119. The van der Waals surface area contributed by atoms with Crippen molar-refractivity contribution >= 4 is 0 Å². The SMILES string of the molecule is COCCCC1(CN)CCCC1. The summed E-state index contributed by atoms with van der Waals surface area (Å²) in [5.41, 5.74) is 6.29. The quantitative estimate of drug-likeness (QED) is 0.641. The molecule has 1 fully saturated rings. The molecule has 0 radical (unpaired) electrons. The highest BCUT2D eigenvalue weighted by atomic mass is 16.5. The fourth-order valence-corrected chi connectivity index (χ4v) is 2.27. The fraction of sp³-hybridized carbons (Fsp3) is 1.00. The minimum absolute atomic E-state index is 0.485. The van der Waals surface area contributed by atoms with Gasteiger partial charge in [0.1, 0.15) is 0 Å². The molecule has 1 rings (SSSR count). The van der Waals surface area contributed by atoms with Crippen molar-refractivity contribution in [3.8, 4) is 0 Å². The number of ether oxygens (including phenoxy) is 1. The number of hydrogen-bond acceptors (Lipinski definition) is 2. The topological polar surface area (TPSA) is 35.2 Å². The Morgan fingerprint density at radius 1 is 1.33 bits per heavy atom. The lowest BCUT2D eigenvalue weighted by Crippen LogP contribution is -2.27. The Morgan fingerprint density at radius 2 is 2.00 bits per heavy atom. The van der Waals surface area contributed by atoms with E-state index in [9.17, 15) is 0 Å². The molecule has 1 aliphatic rings. The highest BCUT2D eigenvalue weighted by molar-refractivity contribution is 4.85. The van der Waals surface area contributed by atoms with Gasteiger partial charge in [-0.25, -0.2) is 0 Å².